The molecule has 0 radical (unpaired) electrons. The lowest BCUT2D eigenvalue weighted by molar-refractivity contribution is -0.138. The normalized spacial score (nSPS) is 22.2. The average Bonchev–Trinajstić information content (AvgIpc) is 4.03. The summed E-state index contributed by atoms with van der Waals surface area (Å²) >= 11 is 0. The van der Waals surface area contributed by atoms with Crippen LogP contribution in [0.1, 0.15) is 102 Å². The number of amides is 5. The largest absolute Gasteiger partial charge is 0.493 e. The number of alkyl halides is 3. The predicted molar refractivity (Wildman–Crippen MR) is 246 cm³/mol. The van der Waals surface area contributed by atoms with Crippen LogP contribution in [-0.2, 0) is 20.6 Å². The van der Waals surface area contributed by atoms with Gasteiger partial charge in [0.15, 0.2) is 11.5 Å². The Bertz CT molecular complexity index is 2680. The molecule has 2 saturated heterocycles. The molecule has 3 aliphatic heterocycles. The Morgan fingerprint density at radius 2 is 1.71 bits per heavy atom. The summed E-state index contributed by atoms with van der Waals surface area (Å²) in [5.74, 6) is -0.232. The fourth-order valence-electron chi connectivity index (χ4n) is 10.4. The minimum atomic E-state index is -4.55. The number of imide groups is 2. The number of ether oxygens (including phenoxy) is 2. The van der Waals surface area contributed by atoms with E-state index in [4.69, 9.17) is 15.2 Å². The Balaban J connectivity index is 0.781. The number of aryl methyl sites for hydroxylation is 1. The van der Waals surface area contributed by atoms with E-state index >= 15 is 0 Å². The first-order chi connectivity index (χ1) is 32.4. The predicted octanol–water partition coefficient (Wildman–Crippen LogP) is 6.12. The van der Waals surface area contributed by atoms with Crippen LogP contribution in [0.4, 0.5) is 30.4 Å². The van der Waals surface area contributed by atoms with Gasteiger partial charge in [-0.3, -0.25) is 39.1 Å². The van der Waals surface area contributed by atoms with E-state index in [9.17, 15) is 37.1 Å². The third kappa shape index (κ3) is 9.23. The molecule has 4 aromatic rings. The van der Waals surface area contributed by atoms with Crippen LogP contribution in [0.5, 0.6) is 11.5 Å². The van der Waals surface area contributed by atoms with E-state index in [1.54, 1.807) is 45.2 Å². The van der Waals surface area contributed by atoms with Crippen LogP contribution in [0.3, 0.4) is 0 Å². The van der Waals surface area contributed by atoms with Gasteiger partial charge in [0.1, 0.15) is 17.7 Å². The molecule has 4 N–H and O–H groups in total. The maximum atomic E-state index is 13.9. The first-order valence-electron chi connectivity index (χ1n) is 23.2. The highest BCUT2D eigenvalue weighted by Crippen LogP contribution is 2.48. The first-order valence-corrected chi connectivity index (χ1v) is 23.2. The molecule has 2 saturated carbocycles. The number of rotatable bonds is 13. The fourth-order valence-corrected chi connectivity index (χ4v) is 10.4. The van der Waals surface area contributed by atoms with Crippen LogP contribution >= 0.6 is 0 Å². The SMILES string of the molecule is COc1cc2nc(C)nc(N[C@H](C)c3cc(N)cc(C(F)(F)F)c3)c2cc1OCC1(CN(C)C(=O)C2CCC(N3CCN(c4cccc5c4C(=O)N([C@@H]4CCC(=O)NC4=O)C5=O)CC3)CC2)CC1. The van der Waals surface area contributed by atoms with Crippen molar-refractivity contribution >= 4 is 57.6 Å². The van der Waals surface area contributed by atoms with Crippen molar-refractivity contribution in [3.63, 3.8) is 0 Å². The van der Waals surface area contributed by atoms with E-state index in [0.717, 1.165) is 68.6 Å². The van der Waals surface area contributed by atoms with E-state index in [1.165, 1.54) is 6.07 Å². The highest BCUT2D eigenvalue weighted by atomic mass is 19.4. The summed E-state index contributed by atoms with van der Waals surface area (Å²) in [5, 5.41) is 6.11. The number of nitrogen functional groups attached to an aromatic ring is 1. The molecule has 0 unspecified atom stereocenters. The number of aromatic nitrogens is 2. The molecule has 68 heavy (non-hydrogen) atoms. The average molecular weight is 940 g/mol. The maximum absolute atomic E-state index is 13.9. The zero-order valence-corrected chi connectivity index (χ0v) is 38.6. The molecule has 3 aromatic carbocycles. The molecular formula is C49H56F3N9O7. The molecule has 0 bridgehead atoms. The highest BCUT2D eigenvalue weighted by Gasteiger charge is 2.48. The van der Waals surface area contributed by atoms with E-state index in [2.05, 4.69) is 30.4 Å². The number of nitrogens with one attached hydrogen (secondary N) is 2. The number of hydrogen-bond donors (Lipinski definition) is 3. The smallest absolute Gasteiger partial charge is 0.416 e. The zero-order chi connectivity index (χ0) is 48.2. The maximum Gasteiger partial charge on any atom is 0.416 e. The second-order valence-electron chi connectivity index (χ2n) is 19.1. The molecule has 4 fully saturated rings. The Kier molecular flexibility index (Phi) is 12.5. The molecule has 16 nitrogen and oxygen atoms in total. The molecule has 5 aliphatic rings. The van der Waals surface area contributed by atoms with Crippen molar-refractivity contribution in [2.45, 2.75) is 89.5 Å². The summed E-state index contributed by atoms with van der Waals surface area (Å²) in [6.45, 7) is 7.17. The second kappa shape index (κ2) is 18.2. The van der Waals surface area contributed by atoms with Crippen LogP contribution in [0.25, 0.3) is 10.9 Å². The number of piperidine rings is 1. The number of carbonyl (C=O) groups is 5. The summed E-state index contributed by atoms with van der Waals surface area (Å²) in [4.78, 5) is 82.0. The number of methoxy groups -OCH3 is 1. The van der Waals surface area contributed by atoms with Crippen molar-refractivity contribution < 1.29 is 46.6 Å². The number of nitrogens with zero attached hydrogens (tertiary/aromatic N) is 6. The van der Waals surface area contributed by atoms with Gasteiger partial charge in [-0.2, -0.15) is 13.2 Å². The number of nitrogens with two attached hydrogens (primary N) is 1. The Morgan fingerprint density at radius 1 is 0.971 bits per heavy atom. The molecule has 2 atom stereocenters. The number of fused-ring (bicyclic) bond motifs is 2. The van der Waals surface area contributed by atoms with Crippen LogP contribution < -0.4 is 30.7 Å². The van der Waals surface area contributed by atoms with Gasteiger partial charge >= 0.3 is 6.18 Å². The summed E-state index contributed by atoms with van der Waals surface area (Å²) in [7, 11) is 3.41. The van der Waals surface area contributed by atoms with Gasteiger partial charge in [-0.05, 0) is 101 Å². The van der Waals surface area contributed by atoms with E-state index in [-0.39, 0.29) is 41.3 Å². The number of anilines is 3. The van der Waals surface area contributed by atoms with Crippen molar-refractivity contribution in [1.82, 2.24) is 30.0 Å². The molecule has 19 heteroatoms. The van der Waals surface area contributed by atoms with Gasteiger partial charge < -0.3 is 30.3 Å². The molecular weight excluding hydrogens is 884 g/mol. The van der Waals surface area contributed by atoms with Gasteiger partial charge in [0.05, 0.1) is 47.7 Å². The third-order valence-electron chi connectivity index (χ3n) is 14.4. The lowest BCUT2D eigenvalue weighted by Crippen LogP contribution is -2.54. The van der Waals surface area contributed by atoms with Gasteiger partial charge in [0.2, 0.25) is 17.7 Å². The van der Waals surface area contributed by atoms with Crippen molar-refractivity contribution in [3.05, 3.63) is 76.6 Å². The van der Waals surface area contributed by atoms with Gasteiger partial charge in [-0.15, -0.1) is 0 Å². The van der Waals surface area contributed by atoms with E-state index < -0.39 is 47.5 Å². The lowest BCUT2D eigenvalue weighted by Gasteiger charge is -2.43. The number of benzene rings is 3. The minimum Gasteiger partial charge on any atom is -0.493 e. The number of carbonyl (C=O) groups excluding carboxylic acids is 5. The van der Waals surface area contributed by atoms with Crippen LogP contribution in [0.15, 0.2) is 48.5 Å². The number of halogens is 3. The van der Waals surface area contributed by atoms with Crippen molar-refractivity contribution in [2.24, 2.45) is 11.3 Å². The first kappa shape index (κ1) is 46.6. The van der Waals surface area contributed by atoms with E-state index in [1.807, 2.05) is 18.0 Å². The number of hydrogen-bond acceptors (Lipinski definition) is 13. The Hall–Kier alpha value is -6.50. The van der Waals surface area contributed by atoms with Crippen LogP contribution in [0, 0.1) is 18.3 Å². The van der Waals surface area contributed by atoms with Gasteiger partial charge in [-0.25, -0.2) is 9.97 Å². The summed E-state index contributed by atoms with van der Waals surface area (Å²) in [6, 6.07) is 11.0. The second-order valence-corrected chi connectivity index (χ2v) is 19.1. The van der Waals surface area contributed by atoms with Gasteiger partial charge in [0.25, 0.3) is 11.8 Å². The van der Waals surface area contributed by atoms with Crippen LogP contribution in [-0.4, -0.2) is 120 Å². The molecule has 1 aromatic heterocycles. The summed E-state index contributed by atoms with van der Waals surface area (Å²) in [6.07, 6.45) is 0.730. The molecule has 9 rings (SSSR count). The summed E-state index contributed by atoms with van der Waals surface area (Å²) < 4.78 is 53.0. The molecule has 5 amide bonds. The topological polar surface area (TPSA) is 193 Å². The van der Waals surface area contributed by atoms with Crippen molar-refractivity contribution in [3.8, 4) is 11.5 Å². The molecule has 2 aliphatic carbocycles. The monoisotopic (exact) mass is 939 g/mol. The standard InChI is InChI=1S/C49H56F3N9O7/c1-27(30-20-31(49(50,51)52)22-32(53)21-30)54-43-35-23-40(39(67-4)24-36(35)55-28(2)56-43)68-26-48(14-15-48)25-58(3)45(64)29-8-10-33(11-9-29)59-16-18-60(19-17-59)37-7-5-6-34-42(37)47(66)61(46(34)65)38-12-13-41(62)57-44(38)63/h5-7,20-24,27,29,33,38H,8-19,25-26,53H2,1-4H3,(H,54,55,56)(H,57,62,63)/t27-,29?,33?,38-/m1/s1. The zero-order valence-electron chi connectivity index (χ0n) is 38.6. The third-order valence-corrected chi connectivity index (χ3v) is 14.4. The van der Waals surface area contributed by atoms with Gasteiger partial charge in [-0.1, -0.05) is 6.07 Å². The lowest BCUT2D eigenvalue weighted by atomic mass is 9.84. The van der Waals surface area contributed by atoms with Crippen LogP contribution in [0.2, 0.25) is 0 Å². The van der Waals surface area contributed by atoms with Crippen molar-refractivity contribution in [2.75, 3.05) is 69.4 Å². The van der Waals surface area contributed by atoms with Crippen molar-refractivity contribution in [1.29, 1.82) is 0 Å². The minimum absolute atomic E-state index is 0.00342. The molecule has 360 valence electrons. The summed E-state index contributed by atoms with van der Waals surface area (Å²) in [5.41, 5.74) is 6.96. The Morgan fingerprint density at radius 3 is 2.38 bits per heavy atom. The quantitative estimate of drug-likeness (QED) is 0.103. The highest BCUT2D eigenvalue weighted by molar-refractivity contribution is 6.25. The van der Waals surface area contributed by atoms with Gasteiger partial charge in [0, 0.05) is 80.7 Å². The molecule has 4 heterocycles. The fraction of sp³-hybridized carbons (Fsp3) is 0.490. The van der Waals surface area contributed by atoms with E-state index in [0.29, 0.717) is 83.1 Å². The molecule has 0 spiro atoms. The Labute approximate surface area is 391 Å². The number of piperazine rings is 1.